The molecule has 0 aromatic rings. The zero-order chi connectivity index (χ0) is 15.6. The fourth-order valence-electron chi connectivity index (χ4n) is 1.95. The number of rotatable bonds is 5. The molecule has 0 aliphatic carbocycles. The van der Waals surface area contributed by atoms with Crippen molar-refractivity contribution in [1.29, 1.82) is 0 Å². The van der Waals surface area contributed by atoms with Crippen LogP contribution in [0, 0.1) is 0 Å². The lowest BCUT2D eigenvalue weighted by atomic mass is 10.2. The number of carbonyl (C=O) groups is 1. The summed E-state index contributed by atoms with van der Waals surface area (Å²) in [6.07, 6.45) is -4.21. The zero-order valence-corrected chi connectivity index (χ0v) is 11.7. The van der Waals surface area contributed by atoms with E-state index in [-0.39, 0.29) is 12.6 Å². The minimum Gasteiger partial charge on any atom is -0.366 e. The molecule has 2 atom stereocenters. The highest BCUT2D eigenvalue weighted by Crippen LogP contribution is 2.26. The van der Waals surface area contributed by atoms with Gasteiger partial charge in [0.05, 0.1) is 6.10 Å². The molecule has 118 valence electrons. The molecule has 1 amide bonds. The summed E-state index contributed by atoms with van der Waals surface area (Å²) in [5.74, 6) is -3.18. The van der Waals surface area contributed by atoms with Crippen molar-refractivity contribution >= 4 is 5.91 Å². The van der Waals surface area contributed by atoms with Gasteiger partial charge in [-0.15, -0.1) is 0 Å². The predicted molar refractivity (Wildman–Crippen MR) is 63.6 cm³/mol. The summed E-state index contributed by atoms with van der Waals surface area (Å²) in [5.41, 5.74) is 0. The molecule has 5 nitrogen and oxygen atoms in total. The van der Waals surface area contributed by atoms with Crippen LogP contribution in [0.2, 0.25) is 0 Å². The van der Waals surface area contributed by atoms with E-state index in [0.29, 0.717) is 24.2 Å². The molecule has 1 heterocycles. The first kappa shape index (κ1) is 17.2. The summed E-state index contributed by atoms with van der Waals surface area (Å²) < 4.78 is 47.2. The van der Waals surface area contributed by atoms with Crippen LogP contribution < -0.4 is 0 Å². The lowest BCUT2D eigenvalue weighted by molar-refractivity contribution is -0.268. The smallest absolute Gasteiger partial charge is 0.366 e. The van der Waals surface area contributed by atoms with Crippen molar-refractivity contribution in [3.63, 3.8) is 0 Å². The van der Waals surface area contributed by atoms with E-state index in [2.05, 4.69) is 0 Å². The standard InChI is InChI=1S/C12H20F3NO4/c1-11(2,18)20-9-5-4-8(19-9)6-7-16(3)10(17)12(13,14)15/h8-9,18H,4-7H2,1-3H3/t8-,9+/m0/s1. The molecule has 0 aromatic carbocycles. The molecule has 0 saturated carbocycles. The van der Waals surface area contributed by atoms with Gasteiger partial charge in [0, 0.05) is 20.0 Å². The molecule has 0 spiro atoms. The van der Waals surface area contributed by atoms with Crippen LogP contribution in [0.5, 0.6) is 0 Å². The van der Waals surface area contributed by atoms with E-state index in [0.717, 1.165) is 7.05 Å². The summed E-state index contributed by atoms with van der Waals surface area (Å²) >= 11 is 0. The van der Waals surface area contributed by atoms with E-state index in [9.17, 15) is 23.1 Å². The number of carbonyl (C=O) groups excluding carboxylic acids is 1. The number of hydrogen-bond donors (Lipinski definition) is 1. The molecular weight excluding hydrogens is 279 g/mol. The van der Waals surface area contributed by atoms with Crippen LogP contribution in [0.4, 0.5) is 13.2 Å². The van der Waals surface area contributed by atoms with Gasteiger partial charge in [-0.2, -0.15) is 13.2 Å². The number of aliphatic hydroxyl groups is 1. The maximum absolute atomic E-state index is 12.2. The van der Waals surface area contributed by atoms with E-state index in [4.69, 9.17) is 9.47 Å². The second-order valence-corrected chi connectivity index (χ2v) is 5.34. The van der Waals surface area contributed by atoms with Crippen LogP contribution in [-0.4, -0.2) is 53.9 Å². The van der Waals surface area contributed by atoms with Crippen molar-refractivity contribution < 1.29 is 32.5 Å². The quantitative estimate of drug-likeness (QED) is 0.784. The second kappa shape index (κ2) is 6.28. The second-order valence-electron chi connectivity index (χ2n) is 5.34. The third kappa shape index (κ3) is 5.64. The van der Waals surface area contributed by atoms with Crippen LogP contribution in [0.25, 0.3) is 0 Å². The first-order valence-corrected chi connectivity index (χ1v) is 6.37. The summed E-state index contributed by atoms with van der Waals surface area (Å²) in [7, 11) is 1.11. The average Bonchev–Trinajstić information content (AvgIpc) is 2.68. The fourth-order valence-corrected chi connectivity index (χ4v) is 1.95. The highest BCUT2D eigenvalue weighted by molar-refractivity contribution is 5.81. The van der Waals surface area contributed by atoms with Crippen molar-refractivity contribution in [2.75, 3.05) is 13.6 Å². The Morgan fingerprint density at radius 2 is 2.00 bits per heavy atom. The molecule has 0 aromatic heterocycles. The van der Waals surface area contributed by atoms with Crippen LogP contribution in [0.15, 0.2) is 0 Å². The number of ether oxygens (including phenoxy) is 2. The largest absolute Gasteiger partial charge is 0.471 e. The van der Waals surface area contributed by atoms with E-state index < -0.39 is 24.2 Å². The molecule has 0 bridgehead atoms. The third-order valence-electron chi connectivity index (χ3n) is 2.86. The first-order chi connectivity index (χ1) is 8.99. The van der Waals surface area contributed by atoms with Crippen LogP contribution in [-0.2, 0) is 14.3 Å². The molecule has 1 fully saturated rings. The highest BCUT2D eigenvalue weighted by atomic mass is 19.4. The summed E-state index contributed by atoms with van der Waals surface area (Å²) in [6, 6.07) is 0. The highest BCUT2D eigenvalue weighted by Gasteiger charge is 2.41. The van der Waals surface area contributed by atoms with Gasteiger partial charge >= 0.3 is 12.1 Å². The fraction of sp³-hybridized carbons (Fsp3) is 0.917. The Morgan fingerprint density at radius 3 is 2.50 bits per heavy atom. The van der Waals surface area contributed by atoms with Crippen LogP contribution >= 0.6 is 0 Å². The van der Waals surface area contributed by atoms with Gasteiger partial charge in [0.15, 0.2) is 12.1 Å². The number of halogens is 3. The van der Waals surface area contributed by atoms with Gasteiger partial charge in [0.1, 0.15) is 0 Å². The lowest BCUT2D eigenvalue weighted by Crippen LogP contribution is -2.39. The number of nitrogens with zero attached hydrogens (tertiary/aromatic N) is 1. The molecule has 0 radical (unpaired) electrons. The zero-order valence-electron chi connectivity index (χ0n) is 11.7. The van der Waals surface area contributed by atoms with Gasteiger partial charge < -0.3 is 19.5 Å². The Bertz CT molecular complexity index is 341. The monoisotopic (exact) mass is 299 g/mol. The number of amides is 1. The topological polar surface area (TPSA) is 59.0 Å². The normalized spacial score (nSPS) is 23.9. The van der Waals surface area contributed by atoms with Crippen molar-refractivity contribution in [2.24, 2.45) is 0 Å². The first-order valence-electron chi connectivity index (χ1n) is 6.37. The molecule has 0 unspecified atom stereocenters. The molecular formula is C12H20F3NO4. The van der Waals surface area contributed by atoms with E-state index in [1.165, 1.54) is 13.8 Å². The SMILES string of the molecule is CN(CC[C@@H]1CC[C@@H](OC(C)(C)O)O1)C(=O)C(F)(F)F. The van der Waals surface area contributed by atoms with Gasteiger partial charge in [-0.05, 0) is 26.7 Å². The molecule has 1 saturated heterocycles. The summed E-state index contributed by atoms with van der Waals surface area (Å²) in [6.45, 7) is 2.90. The molecule has 20 heavy (non-hydrogen) atoms. The molecule has 1 rings (SSSR count). The number of hydrogen-bond acceptors (Lipinski definition) is 4. The maximum Gasteiger partial charge on any atom is 0.471 e. The molecule has 1 N–H and O–H groups in total. The Hall–Kier alpha value is -0.860. The van der Waals surface area contributed by atoms with E-state index >= 15 is 0 Å². The molecule has 1 aliphatic heterocycles. The summed E-state index contributed by atoms with van der Waals surface area (Å²) in [5, 5.41) is 9.46. The average molecular weight is 299 g/mol. The van der Waals surface area contributed by atoms with Crippen molar-refractivity contribution in [1.82, 2.24) is 4.90 Å². The van der Waals surface area contributed by atoms with Crippen LogP contribution in [0.3, 0.4) is 0 Å². The van der Waals surface area contributed by atoms with Gasteiger partial charge in [0.2, 0.25) is 0 Å². The van der Waals surface area contributed by atoms with Gasteiger partial charge in [0.25, 0.3) is 0 Å². The molecule has 8 heteroatoms. The van der Waals surface area contributed by atoms with Gasteiger partial charge in [-0.25, -0.2) is 0 Å². The Morgan fingerprint density at radius 1 is 1.40 bits per heavy atom. The van der Waals surface area contributed by atoms with E-state index in [1.54, 1.807) is 0 Å². The lowest BCUT2D eigenvalue weighted by Gasteiger charge is -2.24. The minimum atomic E-state index is -4.85. The van der Waals surface area contributed by atoms with Crippen molar-refractivity contribution in [3.05, 3.63) is 0 Å². The number of alkyl halides is 3. The minimum absolute atomic E-state index is 0.0434. The van der Waals surface area contributed by atoms with Crippen LogP contribution in [0.1, 0.15) is 33.1 Å². The van der Waals surface area contributed by atoms with E-state index in [1.807, 2.05) is 0 Å². The van der Waals surface area contributed by atoms with Gasteiger partial charge in [-0.1, -0.05) is 0 Å². The van der Waals surface area contributed by atoms with Crippen molar-refractivity contribution in [3.8, 4) is 0 Å². The maximum atomic E-state index is 12.2. The summed E-state index contributed by atoms with van der Waals surface area (Å²) in [4.78, 5) is 11.6. The molecule has 1 aliphatic rings. The third-order valence-corrected chi connectivity index (χ3v) is 2.86. The predicted octanol–water partition coefficient (Wildman–Crippen LogP) is 1.65. The Labute approximate surface area is 115 Å². The van der Waals surface area contributed by atoms with Gasteiger partial charge in [-0.3, -0.25) is 4.79 Å². The van der Waals surface area contributed by atoms with Crippen molar-refractivity contribution in [2.45, 2.75) is 57.5 Å². The Balaban J connectivity index is 2.32. The Kier molecular flexibility index (Phi) is 5.39.